The molecule has 0 aromatic heterocycles. The van der Waals surface area contributed by atoms with Crippen molar-refractivity contribution in [1.82, 2.24) is 0 Å². The van der Waals surface area contributed by atoms with E-state index in [0.29, 0.717) is 11.6 Å². The predicted molar refractivity (Wildman–Crippen MR) is 75.5 cm³/mol. The third-order valence-corrected chi connectivity index (χ3v) is 4.15. The van der Waals surface area contributed by atoms with E-state index in [0.717, 1.165) is 23.1 Å². The Morgan fingerprint density at radius 3 is 2.78 bits per heavy atom. The minimum Gasteiger partial charge on any atom is -0.396 e. The van der Waals surface area contributed by atoms with E-state index in [-0.39, 0.29) is 6.61 Å². The van der Waals surface area contributed by atoms with Crippen LogP contribution in [0.1, 0.15) is 31.2 Å². The van der Waals surface area contributed by atoms with Gasteiger partial charge in [-0.15, -0.1) is 0 Å². The molecule has 0 atom stereocenters. The van der Waals surface area contributed by atoms with Crippen molar-refractivity contribution >= 4 is 21.6 Å². The molecule has 1 aromatic carbocycles. The zero-order valence-electron chi connectivity index (χ0n) is 10.3. The van der Waals surface area contributed by atoms with E-state index in [1.807, 2.05) is 18.2 Å². The fourth-order valence-corrected chi connectivity index (χ4v) is 2.75. The molecule has 2 rings (SSSR count). The summed E-state index contributed by atoms with van der Waals surface area (Å²) in [5.41, 5.74) is 1.69. The van der Waals surface area contributed by atoms with Crippen LogP contribution in [0.2, 0.25) is 0 Å². The average molecular weight is 309 g/mol. The smallest absolute Gasteiger partial charge is 0.103 e. The molecule has 0 aliphatic heterocycles. The second-order valence-corrected chi connectivity index (χ2v) is 5.46. The zero-order valence-corrected chi connectivity index (χ0v) is 11.9. The Labute approximate surface area is 116 Å². The van der Waals surface area contributed by atoms with Gasteiger partial charge in [-0.25, -0.2) is 0 Å². The maximum Gasteiger partial charge on any atom is 0.103 e. The molecule has 0 amide bonds. The number of nitrogens with zero attached hydrogens (tertiary/aromatic N) is 2. The maximum atomic E-state index is 9.29. The first-order valence-electron chi connectivity index (χ1n) is 6.34. The molecule has 1 saturated carbocycles. The fraction of sp³-hybridized carbons (Fsp3) is 0.500. The normalized spacial score (nSPS) is 14.9. The summed E-state index contributed by atoms with van der Waals surface area (Å²) >= 11 is 3.43. The average Bonchev–Trinajstić information content (AvgIpc) is 2.31. The Balaban J connectivity index is 2.29. The quantitative estimate of drug-likeness (QED) is 0.909. The second kappa shape index (κ2) is 6.21. The highest BCUT2D eigenvalue weighted by atomic mass is 79.9. The highest BCUT2D eigenvalue weighted by molar-refractivity contribution is 9.10. The van der Waals surface area contributed by atoms with Crippen LogP contribution in [0.3, 0.4) is 0 Å². The topological polar surface area (TPSA) is 47.3 Å². The Morgan fingerprint density at radius 2 is 2.22 bits per heavy atom. The van der Waals surface area contributed by atoms with Gasteiger partial charge in [-0.3, -0.25) is 0 Å². The number of aliphatic hydroxyl groups is 1. The van der Waals surface area contributed by atoms with E-state index in [4.69, 9.17) is 5.11 Å². The van der Waals surface area contributed by atoms with Crippen LogP contribution in [-0.2, 0) is 0 Å². The molecule has 1 aliphatic carbocycles. The van der Waals surface area contributed by atoms with Gasteiger partial charge in [0.1, 0.15) is 6.07 Å². The van der Waals surface area contributed by atoms with Crippen molar-refractivity contribution in [2.75, 3.05) is 18.1 Å². The number of benzene rings is 1. The molecular formula is C14H17BrN2O. The lowest BCUT2D eigenvalue weighted by atomic mass is 9.90. The lowest BCUT2D eigenvalue weighted by Gasteiger charge is -2.39. The molecule has 1 N–H and O–H groups in total. The van der Waals surface area contributed by atoms with Crippen molar-refractivity contribution in [3.05, 3.63) is 28.2 Å². The number of rotatable bonds is 5. The predicted octanol–water partition coefficient (Wildman–Crippen LogP) is 3.06. The van der Waals surface area contributed by atoms with Crippen LogP contribution >= 0.6 is 15.9 Å². The molecule has 0 saturated heterocycles. The molecule has 0 radical (unpaired) electrons. The summed E-state index contributed by atoms with van der Waals surface area (Å²) < 4.78 is 0.843. The van der Waals surface area contributed by atoms with Crippen LogP contribution in [0.4, 0.5) is 5.69 Å². The minimum atomic E-state index is 0.194. The molecule has 1 aromatic rings. The largest absolute Gasteiger partial charge is 0.396 e. The number of aliphatic hydroxyl groups excluding tert-OH is 1. The van der Waals surface area contributed by atoms with Gasteiger partial charge in [0.05, 0.1) is 11.3 Å². The van der Waals surface area contributed by atoms with E-state index in [1.165, 1.54) is 19.3 Å². The summed E-state index contributed by atoms with van der Waals surface area (Å²) in [6.07, 6.45) is 4.37. The summed E-state index contributed by atoms with van der Waals surface area (Å²) in [6.45, 7) is 1.01. The minimum absolute atomic E-state index is 0.194. The molecule has 4 heteroatoms. The Kier molecular flexibility index (Phi) is 4.62. The first-order chi connectivity index (χ1) is 8.77. The SMILES string of the molecule is N#Cc1c(Br)cccc1N(CCCO)C1CCC1. The fourth-order valence-electron chi connectivity index (χ4n) is 2.30. The first-order valence-corrected chi connectivity index (χ1v) is 7.13. The number of hydrogen-bond acceptors (Lipinski definition) is 3. The van der Waals surface area contributed by atoms with E-state index < -0.39 is 0 Å². The van der Waals surface area contributed by atoms with Gasteiger partial charge in [-0.2, -0.15) is 5.26 Å². The van der Waals surface area contributed by atoms with Crippen LogP contribution in [-0.4, -0.2) is 24.3 Å². The summed E-state index contributed by atoms with van der Waals surface area (Å²) in [7, 11) is 0. The van der Waals surface area contributed by atoms with Crippen molar-refractivity contribution in [2.24, 2.45) is 0 Å². The zero-order chi connectivity index (χ0) is 13.0. The highest BCUT2D eigenvalue weighted by Crippen LogP contribution is 2.34. The number of halogens is 1. The van der Waals surface area contributed by atoms with Gasteiger partial charge in [-0.1, -0.05) is 6.07 Å². The molecule has 0 unspecified atom stereocenters. The lowest BCUT2D eigenvalue weighted by molar-refractivity contribution is 0.283. The molecule has 18 heavy (non-hydrogen) atoms. The third-order valence-electron chi connectivity index (χ3n) is 3.49. The Morgan fingerprint density at radius 1 is 1.44 bits per heavy atom. The summed E-state index contributed by atoms with van der Waals surface area (Å²) in [6, 6.07) is 8.66. The number of hydrogen-bond donors (Lipinski definition) is 1. The molecular weight excluding hydrogens is 292 g/mol. The van der Waals surface area contributed by atoms with E-state index >= 15 is 0 Å². The molecule has 1 fully saturated rings. The molecule has 3 nitrogen and oxygen atoms in total. The van der Waals surface area contributed by atoms with Gasteiger partial charge in [0.25, 0.3) is 0 Å². The van der Waals surface area contributed by atoms with E-state index in [9.17, 15) is 5.26 Å². The molecule has 0 bridgehead atoms. The van der Waals surface area contributed by atoms with Crippen LogP contribution in [0, 0.1) is 11.3 Å². The molecule has 0 spiro atoms. The van der Waals surface area contributed by atoms with Crippen LogP contribution in [0.15, 0.2) is 22.7 Å². The molecule has 0 heterocycles. The van der Waals surface area contributed by atoms with Crippen molar-refractivity contribution in [2.45, 2.75) is 31.7 Å². The van der Waals surface area contributed by atoms with Gasteiger partial charge in [-0.05, 0) is 53.7 Å². The standard InChI is InChI=1S/C14H17BrN2O/c15-13-6-2-7-14(12(13)10-16)17(8-3-9-18)11-4-1-5-11/h2,6-7,11,18H,1,3-5,8-9H2. The number of nitriles is 1. The third kappa shape index (κ3) is 2.68. The second-order valence-electron chi connectivity index (χ2n) is 4.60. The van der Waals surface area contributed by atoms with Gasteiger partial charge in [0, 0.05) is 23.7 Å². The van der Waals surface area contributed by atoms with E-state index in [2.05, 4.69) is 26.9 Å². The lowest BCUT2D eigenvalue weighted by Crippen LogP contribution is -2.41. The van der Waals surface area contributed by atoms with Gasteiger partial charge >= 0.3 is 0 Å². The summed E-state index contributed by atoms with van der Waals surface area (Å²) in [5.74, 6) is 0. The number of anilines is 1. The van der Waals surface area contributed by atoms with Crippen molar-refractivity contribution in [3.8, 4) is 6.07 Å². The van der Waals surface area contributed by atoms with Gasteiger partial charge in [0.2, 0.25) is 0 Å². The van der Waals surface area contributed by atoms with Gasteiger partial charge < -0.3 is 10.0 Å². The van der Waals surface area contributed by atoms with Crippen LogP contribution < -0.4 is 4.90 Å². The van der Waals surface area contributed by atoms with Crippen molar-refractivity contribution in [1.29, 1.82) is 5.26 Å². The van der Waals surface area contributed by atoms with E-state index in [1.54, 1.807) is 0 Å². The summed E-state index contributed by atoms with van der Waals surface area (Å²) in [5, 5.41) is 18.3. The maximum absolute atomic E-state index is 9.29. The van der Waals surface area contributed by atoms with Gasteiger partial charge in [0.15, 0.2) is 0 Å². The molecule has 96 valence electrons. The Bertz CT molecular complexity index is 452. The van der Waals surface area contributed by atoms with Crippen molar-refractivity contribution < 1.29 is 5.11 Å². The summed E-state index contributed by atoms with van der Waals surface area (Å²) in [4.78, 5) is 2.28. The highest BCUT2D eigenvalue weighted by Gasteiger charge is 2.26. The first kappa shape index (κ1) is 13.4. The van der Waals surface area contributed by atoms with Crippen LogP contribution in [0.5, 0.6) is 0 Å². The molecule has 1 aliphatic rings. The Hall–Kier alpha value is -1.05. The monoisotopic (exact) mass is 308 g/mol. The van der Waals surface area contributed by atoms with Crippen molar-refractivity contribution in [3.63, 3.8) is 0 Å². The van der Waals surface area contributed by atoms with Crippen LogP contribution in [0.25, 0.3) is 0 Å².